The average Bonchev–Trinajstić information content (AvgIpc) is 2.29. The molecule has 0 bridgehead atoms. The van der Waals surface area contributed by atoms with Gasteiger partial charge >= 0.3 is 0 Å². The Bertz CT molecular complexity index is 459. The quantitative estimate of drug-likeness (QED) is 0.852. The first-order chi connectivity index (χ1) is 8.05. The summed E-state index contributed by atoms with van der Waals surface area (Å²) < 4.78 is 24.5. The molecule has 1 aromatic rings. The van der Waals surface area contributed by atoms with Crippen LogP contribution in [0.3, 0.4) is 0 Å². The van der Waals surface area contributed by atoms with E-state index in [-0.39, 0.29) is 6.04 Å². The summed E-state index contributed by atoms with van der Waals surface area (Å²) >= 11 is 0. The van der Waals surface area contributed by atoms with Gasteiger partial charge in [0.2, 0.25) is 10.0 Å². The molecule has 1 atom stereocenters. The average molecular weight is 254 g/mol. The molecule has 17 heavy (non-hydrogen) atoms. The maximum absolute atomic E-state index is 11.5. The second-order valence-corrected chi connectivity index (χ2v) is 6.44. The molecular formula is C12H18N2O2S. The van der Waals surface area contributed by atoms with E-state index in [1.165, 1.54) is 11.8 Å². The zero-order valence-corrected chi connectivity index (χ0v) is 10.8. The predicted octanol–water partition coefficient (Wildman–Crippen LogP) is 0.462. The number of benzene rings is 1. The molecule has 1 heterocycles. The highest BCUT2D eigenvalue weighted by Gasteiger charge is 2.25. The molecule has 0 aromatic heterocycles. The largest absolute Gasteiger partial charge is 0.311 e. The SMILES string of the molecule is CS(=O)(=O)N1CCNC(Cc2ccccc2)C1. The molecule has 4 nitrogen and oxygen atoms in total. The van der Waals surface area contributed by atoms with E-state index in [0.29, 0.717) is 13.1 Å². The van der Waals surface area contributed by atoms with Gasteiger partial charge in [0.15, 0.2) is 0 Å². The van der Waals surface area contributed by atoms with Crippen LogP contribution < -0.4 is 5.32 Å². The Morgan fingerprint density at radius 2 is 2.06 bits per heavy atom. The second-order valence-electron chi connectivity index (χ2n) is 4.46. The molecule has 1 N–H and O–H groups in total. The first-order valence-electron chi connectivity index (χ1n) is 5.78. The minimum absolute atomic E-state index is 0.209. The lowest BCUT2D eigenvalue weighted by atomic mass is 10.1. The lowest BCUT2D eigenvalue weighted by Crippen LogP contribution is -2.53. The van der Waals surface area contributed by atoms with Gasteiger partial charge in [-0.25, -0.2) is 8.42 Å². The topological polar surface area (TPSA) is 49.4 Å². The van der Waals surface area contributed by atoms with E-state index >= 15 is 0 Å². The van der Waals surface area contributed by atoms with Crippen molar-refractivity contribution in [2.45, 2.75) is 12.5 Å². The van der Waals surface area contributed by atoms with Gasteiger partial charge in [-0.2, -0.15) is 4.31 Å². The molecule has 1 fully saturated rings. The van der Waals surface area contributed by atoms with Gasteiger partial charge in [0.25, 0.3) is 0 Å². The van der Waals surface area contributed by atoms with Crippen molar-refractivity contribution in [3.8, 4) is 0 Å². The summed E-state index contributed by atoms with van der Waals surface area (Å²) in [5, 5.41) is 3.36. The van der Waals surface area contributed by atoms with Crippen LogP contribution in [0.5, 0.6) is 0 Å². The summed E-state index contributed by atoms with van der Waals surface area (Å²) in [7, 11) is -3.06. The summed E-state index contributed by atoms with van der Waals surface area (Å²) in [6.45, 7) is 1.86. The summed E-state index contributed by atoms with van der Waals surface area (Å²) in [4.78, 5) is 0. The van der Waals surface area contributed by atoms with E-state index in [4.69, 9.17) is 0 Å². The Hall–Kier alpha value is -0.910. The molecule has 94 valence electrons. The molecule has 0 aliphatic carbocycles. The fourth-order valence-corrected chi connectivity index (χ4v) is 3.01. The summed E-state index contributed by atoms with van der Waals surface area (Å²) in [5.41, 5.74) is 1.24. The molecule has 2 rings (SSSR count). The highest BCUT2D eigenvalue weighted by molar-refractivity contribution is 7.88. The van der Waals surface area contributed by atoms with Crippen LogP contribution in [0.4, 0.5) is 0 Å². The molecular weight excluding hydrogens is 236 g/mol. The zero-order valence-electron chi connectivity index (χ0n) is 9.96. The summed E-state index contributed by atoms with van der Waals surface area (Å²) in [6.07, 6.45) is 2.14. The third-order valence-corrected chi connectivity index (χ3v) is 4.28. The zero-order chi connectivity index (χ0) is 12.3. The van der Waals surface area contributed by atoms with E-state index in [1.807, 2.05) is 18.2 Å². The highest BCUT2D eigenvalue weighted by atomic mass is 32.2. The maximum Gasteiger partial charge on any atom is 0.211 e. The number of rotatable bonds is 3. The van der Waals surface area contributed by atoms with Crippen molar-refractivity contribution in [3.05, 3.63) is 35.9 Å². The van der Waals surface area contributed by atoms with Crippen LogP contribution in [0.2, 0.25) is 0 Å². The van der Waals surface area contributed by atoms with Gasteiger partial charge in [0.05, 0.1) is 6.26 Å². The fourth-order valence-electron chi connectivity index (χ4n) is 2.13. The van der Waals surface area contributed by atoms with Gasteiger partial charge in [0.1, 0.15) is 0 Å². The Morgan fingerprint density at radius 1 is 1.35 bits per heavy atom. The fraction of sp³-hybridized carbons (Fsp3) is 0.500. The van der Waals surface area contributed by atoms with Gasteiger partial charge in [-0.05, 0) is 12.0 Å². The molecule has 0 radical (unpaired) electrons. The molecule has 1 aliphatic rings. The first kappa shape index (κ1) is 12.5. The Balaban J connectivity index is 1.99. The second kappa shape index (κ2) is 5.16. The van der Waals surface area contributed by atoms with Crippen LogP contribution in [0, 0.1) is 0 Å². The van der Waals surface area contributed by atoms with Gasteiger partial charge in [0, 0.05) is 25.7 Å². The van der Waals surface area contributed by atoms with Crippen LogP contribution in [0.1, 0.15) is 5.56 Å². The molecule has 0 saturated carbocycles. The lowest BCUT2D eigenvalue weighted by Gasteiger charge is -2.32. The van der Waals surface area contributed by atoms with E-state index in [0.717, 1.165) is 13.0 Å². The van der Waals surface area contributed by atoms with E-state index in [9.17, 15) is 8.42 Å². The van der Waals surface area contributed by atoms with E-state index < -0.39 is 10.0 Å². The van der Waals surface area contributed by atoms with Crippen molar-refractivity contribution >= 4 is 10.0 Å². The van der Waals surface area contributed by atoms with Crippen molar-refractivity contribution in [1.29, 1.82) is 0 Å². The van der Waals surface area contributed by atoms with Gasteiger partial charge in [-0.1, -0.05) is 30.3 Å². The van der Waals surface area contributed by atoms with Crippen molar-refractivity contribution in [1.82, 2.24) is 9.62 Å². The minimum Gasteiger partial charge on any atom is -0.311 e. The normalized spacial score (nSPS) is 22.5. The molecule has 1 saturated heterocycles. The van der Waals surface area contributed by atoms with E-state index in [2.05, 4.69) is 17.4 Å². The number of nitrogens with zero attached hydrogens (tertiary/aromatic N) is 1. The Kier molecular flexibility index (Phi) is 3.81. The van der Waals surface area contributed by atoms with Crippen molar-refractivity contribution in [2.75, 3.05) is 25.9 Å². The number of hydrogen-bond donors (Lipinski definition) is 1. The lowest BCUT2D eigenvalue weighted by molar-refractivity contribution is 0.298. The smallest absolute Gasteiger partial charge is 0.211 e. The Labute approximate surface area is 103 Å². The maximum atomic E-state index is 11.5. The van der Waals surface area contributed by atoms with Crippen LogP contribution in [-0.2, 0) is 16.4 Å². The van der Waals surface area contributed by atoms with Gasteiger partial charge < -0.3 is 5.32 Å². The van der Waals surface area contributed by atoms with Crippen molar-refractivity contribution in [3.63, 3.8) is 0 Å². The summed E-state index contributed by atoms with van der Waals surface area (Å²) in [6, 6.07) is 10.3. The molecule has 0 spiro atoms. The molecule has 1 unspecified atom stereocenters. The minimum atomic E-state index is -3.06. The summed E-state index contributed by atoms with van der Waals surface area (Å²) in [5.74, 6) is 0. The number of piperazine rings is 1. The van der Waals surface area contributed by atoms with Crippen LogP contribution in [-0.4, -0.2) is 44.7 Å². The standard InChI is InChI=1S/C12H18N2O2S/c1-17(15,16)14-8-7-13-12(10-14)9-11-5-3-2-4-6-11/h2-6,12-13H,7-10H2,1H3. The number of nitrogens with one attached hydrogen (secondary N) is 1. The van der Waals surface area contributed by atoms with Gasteiger partial charge in [-0.3, -0.25) is 0 Å². The molecule has 1 aliphatic heterocycles. The van der Waals surface area contributed by atoms with Crippen molar-refractivity contribution in [2.24, 2.45) is 0 Å². The third-order valence-electron chi connectivity index (χ3n) is 3.01. The number of sulfonamides is 1. The number of hydrogen-bond acceptors (Lipinski definition) is 3. The predicted molar refractivity (Wildman–Crippen MR) is 68.4 cm³/mol. The monoisotopic (exact) mass is 254 g/mol. The molecule has 1 aromatic carbocycles. The Morgan fingerprint density at radius 3 is 2.71 bits per heavy atom. The van der Waals surface area contributed by atoms with Crippen LogP contribution in [0.25, 0.3) is 0 Å². The van der Waals surface area contributed by atoms with Crippen molar-refractivity contribution < 1.29 is 8.42 Å². The molecule has 0 amide bonds. The highest BCUT2D eigenvalue weighted by Crippen LogP contribution is 2.09. The van der Waals surface area contributed by atoms with Crippen LogP contribution in [0.15, 0.2) is 30.3 Å². The van der Waals surface area contributed by atoms with E-state index in [1.54, 1.807) is 4.31 Å². The first-order valence-corrected chi connectivity index (χ1v) is 7.63. The molecule has 5 heteroatoms. The van der Waals surface area contributed by atoms with Gasteiger partial charge in [-0.15, -0.1) is 0 Å². The van der Waals surface area contributed by atoms with Crippen LogP contribution >= 0.6 is 0 Å². The third kappa shape index (κ3) is 3.52.